The van der Waals surface area contributed by atoms with Crippen LogP contribution in [0.3, 0.4) is 0 Å². The average Bonchev–Trinajstić information content (AvgIpc) is 2.92. The lowest BCUT2D eigenvalue weighted by Gasteiger charge is -2.18. The first-order valence-corrected chi connectivity index (χ1v) is 7.84. The Balaban J connectivity index is 1.79. The van der Waals surface area contributed by atoms with Crippen LogP contribution in [0.4, 0.5) is 0 Å². The summed E-state index contributed by atoms with van der Waals surface area (Å²) in [7, 11) is 0. The van der Waals surface area contributed by atoms with Crippen LogP contribution in [0, 0.1) is 5.92 Å². The minimum atomic E-state index is -1.26. The third kappa shape index (κ3) is 2.78. The van der Waals surface area contributed by atoms with E-state index in [-0.39, 0.29) is 12.5 Å². The summed E-state index contributed by atoms with van der Waals surface area (Å²) in [5, 5.41) is 8.91. The molecule has 5 heteroatoms. The Kier molecular flexibility index (Phi) is 4.36. The van der Waals surface area contributed by atoms with Crippen LogP contribution in [0.5, 0.6) is 0 Å². The van der Waals surface area contributed by atoms with Gasteiger partial charge in [-0.1, -0.05) is 48.5 Å². The van der Waals surface area contributed by atoms with E-state index in [2.05, 4.69) is 12.1 Å². The maximum absolute atomic E-state index is 12.1. The van der Waals surface area contributed by atoms with Crippen LogP contribution in [-0.2, 0) is 14.3 Å². The fourth-order valence-corrected chi connectivity index (χ4v) is 3.10. The van der Waals surface area contributed by atoms with Gasteiger partial charge in [0.2, 0.25) is 0 Å². The summed E-state index contributed by atoms with van der Waals surface area (Å²) in [4.78, 5) is 23.0. The SMILES string of the molecule is CC(C(=O)OCC1c2ccccc2-c2ccccc21)C(N)C(=O)O. The van der Waals surface area contributed by atoms with Crippen molar-refractivity contribution in [1.82, 2.24) is 0 Å². The number of nitrogens with two attached hydrogens (primary N) is 1. The standard InChI is InChI=1S/C19H19NO4/c1-11(17(20)18(21)22)19(23)24-10-16-14-8-4-2-6-12(14)13-7-3-5-9-15(13)16/h2-9,11,16-17H,10,20H2,1H3,(H,21,22). The van der Waals surface area contributed by atoms with E-state index in [0.29, 0.717) is 0 Å². The van der Waals surface area contributed by atoms with E-state index in [1.807, 2.05) is 36.4 Å². The lowest BCUT2D eigenvalue weighted by Crippen LogP contribution is -2.41. The second kappa shape index (κ2) is 6.45. The third-order valence-electron chi connectivity index (χ3n) is 4.55. The van der Waals surface area contributed by atoms with Crippen LogP contribution >= 0.6 is 0 Å². The second-order valence-corrected chi connectivity index (χ2v) is 6.01. The molecule has 2 aromatic carbocycles. The molecule has 2 unspecified atom stereocenters. The fourth-order valence-electron chi connectivity index (χ4n) is 3.10. The van der Waals surface area contributed by atoms with E-state index in [4.69, 9.17) is 15.6 Å². The molecule has 0 amide bonds. The summed E-state index contributed by atoms with van der Waals surface area (Å²) >= 11 is 0. The van der Waals surface area contributed by atoms with Gasteiger partial charge in [-0.05, 0) is 29.2 Å². The van der Waals surface area contributed by atoms with Crippen LogP contribution in [0.15, 0.2) is 48.5 Å². The summed E-state index contributed by atoms with van der Waals surface area (Å²) in [6.07, 6.45) is 0. The van der Waals surface area contributed by atoms with Crippen molar-refractivity contribution in [2.75, 3.05) is 6.61 Å². The zero-order chi connectivity index (χ0) is 17.3. The molecule has 0 saturated carbocycles. The topological polar surface area (TPSA) is 89.6 Å². The number of carbonyl (C=O) groups is 2. The van der Waals surface area contributed by atoms with E-state index in [1.54, 1.807) is 0 Å². The minimum Gasteiger partial charge on any atom is -0.480 e. The molecule has 3 rings (SSSR count). The molecule has 0 bridgehead atoms. The lowest BCUT2D eigenvalue weighted by atomic mass is 9.98. The molecular weight excluding hydrogens is 306 g/mol. The van der Waals surface area contributed by atoms with Gasteiger partial charge >= 0.3 is 11.9 Å². The monoisotopic (exact) mass is 325 g/mol. The zero-order valence-electron chi connectivity index (χ0n) is 13.3. The molecule has 1 aliphatic carbocycles. The molecule has 2 atom stereocenters. The number of aliphatic carboxylic acids is 1. The highest BCUT2D eigenvalue weighted by Crippen LogP contribution is 2.44. The first kappa shape index (κ1) is 16.2. The number of fused-ring (bicyclic) bond motifs is 3. The number of carboxylic acids is 1. The molecule has 0 aliphatic heterocycles. The van der Waals surface area contributed by atoms with Gasteiger partial charge in [-0.3, -0.25) is 9.59 Å². The minimum absolute atomic E-state index is 0.0467. The highest BCUT2D eigenvalue weighted by atomic mass is 16.5. The van der Waals surface area contributed by atoms with Gasteiger partial charge in [0.1, 0.15) is 12.6 Å². The lowest BCUT2D eigenvalue weighted by molar-refractivity contribution is -0.153. The fraction of sp³-hybridized carbons (Fsp3) is 0.263. The number of benzene rings is 2. The predicted molar refractivity (Wildman–Crippen MR) is 89.5 cm³/mol. The van der Waals surface area contributed by atoms with Crippen molar-refractivity contribution >= 4 is 11.9 Å². The Morgan fingerprint density at radius 1 is 1.08 bits per heavy atom. The number of carboxylic acid groups (broad SMARTS) is 1. The Labute approximate surface area is 140 Å². The molecule has 0 aromatic heterocycles. The van der Waals surface area contributed by atoms with Gasteiger partial charge in [-0.25, -0.2) is 0 Å². The number of ether oxygens (including phenoxy) is 1. The number of hydrogen-bond donors (Lipinski definition) is 2. The summed E-state index contributed by atoms with van der Waals surface area (Å²) in [5.41, 5.74) is 10.0. The Morgan fingerprint density at radius 2 is 1.58 bits per heavy atom. The normalized spacial score (nSPS) is 15.2. The van der Waals surface area contributed by atoms with Gasteiger partial charge in [0.15, 0.2) is 0 Å². The Bertz CT molecular complexity index is 741. The van der Waals surface area contributed by atoms with Gasteiger partial charge < -0.3 is 15.6 Å². The summed E-state index contributed by atoms with van der Waals surface area (Å²) in [6.45, 7) is 1.64. The Hall–Kier alpha value is -2.66. The molecule has 0 radical (unpaired) electrons. The van der Waals surface area contributed by atoms with Crippen LogP contribution in [0.1, 0.15) is 24.0 Å². The van der Waals surface area contributed by atoms with Crippen LogP contribution in [0.25, 0.3) is 11.1 Å². The van der Waals surface area contributed by atoms with E-state index < -0.39 is 23.9 Å². The van der Waals surface area contributed by atoms with Crippen molar-refractivity contribution in [3.8, 4) is 11.1 Å². The zero-order valence-corrected chi connectivity index (χ0v) is 13.3. The molecular formula is C19H19NO4. The number of esters is 1. The van der Waals surface area contributed by atoms with Crippen molar-refractivity contribution in [1.29, 1.82) is 0 Å². The molecule has 3 N–H and O–H groups in total. The molecule has 0 fully saturated rings. The number of hydrogen-bond acceptors (Lipinski definition) is 4. The maximum atomic E-state index is 12.1. The van der Waals surface area contributed by atoms with Crippen LogP contribution < -0.4 is 5.73 Å². The van der Waals surface area contributed by atoms with Gasteiger partial charge in [0.25, 0.3) is 0 Å². The van der Waals surface area contributed by atoms with E-state index in [1.165, 1.54) is 6.92 Å². The molecule has 0 heterocycles. The maximum Gasteiger partial charge on any atom is 0.321 e. The third-order valence-corrected chi connectivity index (χ3v) is 4.55. The largest absolute Gasteiger partial charge is 0.480 e. The predicted octanol–water partition coefficient (Wildman–Crippen LogP) is 2.39. The molecule has 124 valence electrons. The number of rotatable bonds is 5. The molecule has 0 spiro atoms. The molecule has 0 saturated heterocycles. The van der Waals surface area contributed by atoms with Crippen molar-refractivity contribution in [2.45, 2.75) is 18.9 Å². The summed E-state index contributed by atoms with van der Waals surface area (Å²) < 4.78 is 5.39. The van der Waals surface area contributed by atoms with Gasteiger partial charge in [-0.2, -0.15) is 0 Å². The highest BCUT2D eigenvalue weighted by Gasteiger charge is 2.32. The van der Waals surface area contributed by atoms with Gasteiger partial charge in [-0.15, -0.1) is 0 Å². The first-order chi connectivity index (χ1) is 11.5. The van der Waals surface area contributed by atoms with E-state index >= 15 is 0 Å². The van der Waals surface area contributed by atoms with Crippen LogP contribution in [-0.4, -0.2) is 29.7 Å². The highest BCUT2D eigenvalue weighted by molar-refractivity contribution is 5.83. The Morgan fingerprint density at radius 3 is 2.08 bits per heavy atom. The van der Waals surface area contributed by atoms with Gasteiger partial charge in [0.05, 0.1) is 5.92 Å². The smallest absolute Gasteiger partial charge is 0.321 e. The van der Waals surface area contributed by atoms with Gasteiger partial charge in [0, 0.05) is 5.92 Å². The van der Waals surface area contributed by atoms with Crippen molar-refractivity contribution in [2.24, 2.45) is 11.7 Å². The van der Waals surface area contributed by atoms with Crippen molar-refractivity contribution in [3.05, 3.63) is 59.7 Å². The van der Waals surface area contributed by atoms with Crippen LogP contribution in [0.2, 0.25) is 0 Å². The second-order valence-electron chi connectivity index (χ2n) is 6.01. The molecule has 1 aliphatic rings. The molecule has 24 heavy (non-hydrogen) atoms. The quantitative estimate of drug-likeness (QED) is 0.824. The number of carbonyl (C=O) groups excluding carboxylic acids is 1. The molecule has 2 aromatic rings. The summed E-state index contributed by atoms with van der Waals surface area (Å²) in [5.74, 6) is -2.74. The van der Waals surface area contributed by atoms with E-state index in [0.717, 1.165) is 22.3 Å². The van der Waals surface area contributed by atoms with Crippen molar-refractivity contribution in [3.63, 3.8) is 0 Å². The molecule has 5 nitrogen and oxygen atoms in total. The summed E-state index contributed by atoms with van der Waals surface area (Å²) in [6, 6.07) is 14.8. The average molecular weight is 325 g/mol. The van der Waals surface area contributed by atoms with Crippen molar-refractivity contribution < 1.29 is 19.4 Å². The first-order valence-electron chi connectivity index (χ1n) is 7.84. The van der Waals surface area contributed by atoms with E-state index in [9.17, 15) is 9.59 Å².